The Balaban J connectivity index is 1.96. The standard InChI is InChI=1S/C12H10N4O3/c17-12-9(6-11-13-3-4-14-11)8-5-7(16(18)19)1-2-10(8)15-12/h1-4,6,8H,5H2,(H,13,14)(H,15,17). The van der Waals surface area contributed by atoms with Crippen molar-refractivity contribution in [3.63, 3.8) is 0 Å². The molecular weight excluding hydrogens is 248 g/mol. The van der Waals surface area contributed by atoms with Gasteiger partial charge in [0.15, 0.2) is 0 Å². The van der Waals surface area contributed by atoms with Crippen molar-refractivity contribution in [1.29, 1.82) is 0 Å². The van der Waals surface area contributed by atoms with E-state index in [1.165, 1.54) is 6.08 Å². The molecule has 7 nitrogen and oxygen atoms in total. The summed E-state index contributed by atoms with van der Waals surface area (Å²) in [4.78, 5) is 29.2. The zero-order valence-corrected chi connectivity index (χ0v) is 9.79. The van der Waals surface area contributed by atoms with Gasteiger partial charge in [0.25, 0.3) is 5.91 Å². The van der Waals surface area contributed by atoms with Gasteiger partial charge in [-0.05, 0) is 12.2 Å². The van der Waals surface area contributed by atoms with Gasteiger partial charge < -0.3 is 10.3 Å². The smallest absolute Gasteiger partial charge is 0.252 e. The fourth-order valence-corrected chi connectivity index (χ4v) is 2.26. The number of fused-ring (bicyclic) bond motifs is 1. The first-order chi connectivity index (χ1) is 9.15. The fraction of sp³-hybridized carbons (Fsp3) is 0.167. The molecule has 1 aromatic rings. The van der Waals surface area contributed by atoms with E-state index in [0.717, 1.165) is 0 Å². The first-order valence-electron chi connectivity index (χ1n) is 5.72. The van der Waals surface area contributed by atoms with Crippen molar-refractivity contribution in [1.82, 2.24) is 15.3 Å². The van der Waals surface area contributed by atoms with Crippen molar-refractivity contribution in [3.8, 4) is 0 Å². The van der Waals surface area contributed by atoms with Crippen LogP contribution in [0.1, 0.15) is 12.2 Å². The zero-order valence-electron chi connectivity index (χ0n) is 9.79. The van der Waals surface area contributed by atoms with E-state index in [2.05, 4.69) is 15.3 Å². The van der Waals surface area contributed by atoms with E-state index in [-0.39, 0.29) is 23.9 Å². The normalized spacial score (nSPS) is 23.7. The van der Waals surface area contributed by atoms with Crippen LogP contribution in [0.4, 0.5) is 0 Å². The lowest BCUT2D eigenvalue weighted by Gasteiger charge is -2.13. The van der Waals surface area contributed by atoms with Crippen LogP contribution in [-0.2, 0) is 4.79 Å². The molecule has 1 saturated heterocycles. The van der Waals surface area contributed by atoms with Gasteiger partial charge in [-0.1, -0.05) is 0 Å². The number of imidazole rings is 1. The molecule has 2 N–H and O–H groups in total. The van der Waals surface area contributed by atoms with Crippen molar-refractivity contribution in [2.45, 2.75) is 6.42 Å². The van der Waals surface area contributed by atoms with Gasteiger partial charge >= 0.3 is 0 Å². The average Bonchev–Trinajstić information content (AvgIpc) is 2.98. The van der Waals surface area contributed by atoms with Crippen LogP contribution in [0.5, 0.6) is 0 Å². The van der Waals surface area contributed by atoms with Gasteiger partial charge in [-0.2, -0.15) is 0 Å². The Kier molecular flexibility index (Phi) is 2.52. The Morgan fingerprint density at radius 3 is 3.00 bits per heavy atom. The minimum absolute atomic E-state index is 0.107. The second-order valence-electron chi connectivity index (χ2n) is 4.32. The lowest BCUT2D eigenvalue weighted by molar-refractivity contribution is -0.428. The molecular formula is C12H10N4O3. The van der Waals surface area contributed by atoms with E-state index in [9.17, 15) is 14.9 Å². The minimum Gasteiger partial charge on any atom is -0.345 e. The summed E-state index contributed by atoms with van der Waals surface area (Å²) in [6.07, 6.45) is 8.10. The summed E-state index contributed by atoms with van der Waals surface area (Å²) >= 11 is 0. The van der Waals surface area contributed by atoms with Crippen molar-refractivity contribution in [2.75, 3.05) is 0 Å². The van der Waals surface area contributed by atoms with E-state index in [1.54, 1.807) is 24.5 Å². The van der Waals surface area contributed by atoms with Crippen LogP contribution >= 0.6 is 0 Å². The fourth-order valence-electron chi connectivity index (χ4n) is 2.26. The average molecular weight is 258 g/mol. The number of aromatic nitrogens is 2. The number of aromatic amines is 1. The number of nitrogens with zero attached hydrogens (tertiary/aromatic N) is 2. The maximum Gasteiger partial charge on any atom is 0.252 e. The van der Waals surface area contributed by atoms with Crippen molar-refractivity contribution in [3.05, 3.63) is 57.5 Å². The number of rotatable bonds is 2. The van der Waals surface area contributed by atoms with E-state index < -0.39 is 4.92 Å². The molecule has 1 aliphatic heterocycles. The van der Waals surface area contributed by atoms with Crippen molar-refractivity contribution >= 4 is 12.0 Å². The predicted molar refractivity (Wildman–Crippen MR) is 66.0 cm³/mol. The van der Waals surface area contributed by atoms with Crippen LogP contribution in [0, 0.1) is 16.0 Å². The quantitative estimate of drug-likeness (QED) is 0.469. The summed E-state index contributed by atoms with van der Waals surface area (Å²) in [5.41, 5.74) is 1.30. The van der Waals surface area contributed by atoms with Crippen LogP contribution in [-0.4, -0.2) is 20.8 Å². The molecule has 0 bridgehead atoms. The molecule has 0 spiro atoms. The van der Waals surface area contributed by atoms with Gasteiger partial charge in [0.1, 0.15) is 5.82 Å². The molecule has 1 aliphatic carbocycles. The molecule has 0 aromatic carbocycles. The van der Waals surface area contributed by atoms with Gasteiger partial charge in [-0.25, -0.2) is 4.98 Å². The van der Waals surface area contributed by atoms with E-state index >= 15 is 0 Å². The first-order valence-corrected chi connectivity index (χ1v) is 5.72. The minimum atomic E-state index is -0.416. The summed E-state index contributed by atoms with van der Waals surface area (Å²) in [5.74, 6) is 0.0391. The monoisotopic (exact) mass is 258 g/mol. The van der Waals surface area contributed by atoms with Gasteiger partial charge in [-0.15, -0.1) is 0 Å². The topological polar surface area (TPSA) is 101 Å². The Labute approximate surface area is 107 Å². The van der Waals surface area contributed by atoms with Crippen LogP contribution in [0.2, 0.25) is 0 Å². The molecule has 0 radical (unpaired) electrons. The molecule has 2 heterocycles. The number of hydrogen-bond donors (Lipinski definition) is 2. The molecule has 0 saturated carbocycles. The molecule has 1 aromatic heterocycles. The van der Waals surface area contributed by atoms with Gasteiger partial charge in [0, 0.05) is 35.7 Å². The maximum atomic E-state index is 11.9. The third-order valence-corrected chi connectivity index (χ3v) is 3.19. The summed E-state index contributed by atoms with van der Waals surface area (Å²) in [5, 5.41) is 13.5. The number of nitrogens with one attached hydrogen (secondary N) is 2. The lowest BCUT2D eigenvalue weighted by Crippen LogP contribution is -2.15. The van der Waals surface area contributed by atoms with E-state index in [1.807, 2.05) is 0 Å². The van der Waals surface area contributed by atoms with Gasteiger partial charge in [0.05, 0.1) is 11.3 Å². The molecule has 1 unspecified atom stereocenters. The van der Waals surface area contributed by atoms with Gasteiger partial charge in [-0.3, -0.25) is 14.9 Å². The molecule has 1 atom stereocenters. The summed E-state index contributed by atoms with van der Waals surface area (Å²) < 4.78 is 0. The van der Waals surface area contributed by atoms with E-state index in [0.29, 0.717) is 17.1 Å². The second kappa shape index (κ2) is 4.20. The zero-order chi connectivity index (χ0) is 13.4. The van der Waals surface area contributed by atoms with Crippen molar-refractivity contribution < 1.29 is 9.72 Å². The van der Waals surface area contributed by atoms with Crippen LogP contribution in [0.3, 0.4) is 0 Å². The van der Waals surface area contributed by atoms with Crippen LogP contribution in [0.15, 0.2) is 41.5 Å². The highest BCUT2D eigenvalue weighted by Crippen LogP contribution is 2.35. The predicted octanol–water partition coefficient (Wildman–Crippen LogP) is 0.987. The number of amides is 1. The molecule has 1 amide bonds. The molecule has 1 fully saturated rings. The molecule has 7 heteroatoms. The summed E-state index contributed by atoms with van der Waals surface area (Å²) in [6.45, 7) is 0. The number of hydrogen-bond acceptors (Lipinski definition) is 4. The summed E-state index contributed by atoms with van der Waals surface area (Å²) in [6, 6.07) is 0. The number of H-pyrrole nitrogens is 1. The third kappa shape index (κ3) is 1.95. The molecule has 2 aliphatic rings. The Morgan fingerprint density at radius 2 is 2.32 bits per heavy atom. The molecule has 3 rings (SSSR count). The highest BCUT2D eigenvalue weighted by atomic mass is 16.6. The van der Waals surface area contributed by atoms with Gasteiger partial charge in [0.2, 0.25) is 5.70 Å². The maximum absolute atomic E-state index is 11.9. The number of carbonyl (C=O) groups excluding carboxylic acids is 1. The van der Waals surface area contributed by atoms with E-state index in [4.69, 9.17) is 0 Å². The number of nitro groups is 1. The Bertz CT molecular complexity index is 640. The largest absolute Gasteiger partial charge is 0.345 e. The summed E-state index contributed by atoms with van der Waals surface area (Å²) in [7, 11) is 0. The Hall–Kier alpha value is -2.70. The number of carbonyl (C=O) groups is 1. The molecule has 19 heavy (non-hydrogen) atoms. The highest BCUT2D eigenvalue weighted by molar-refractivity contribution is 6.02. The Morgan fingerprint density at radius 1 is 1.47 bits per heavy atom. The first kappa shape index (κ1) is 11.4. The van der Waals surface area contributed by atoms with Crippen LogP contribution in [0.25, 0.3) is 6.08 Å². The highest BCUT2D eigenvalue weighted by Gasteiger charge is 2.37. The molecule has 96 valence electrons. The SMILES string of the molecule is O=C1NC2=CC=C([N+](=O)[O-])CC2C1=Cc1ncc[nH]1. The third-order valence-electron chi connectivity index (χ3n) is 3.19. The lowest BCUT2D eigenvalue weighted by atomic mass is 9.90. The second-order valence-corrected chi connectivity index (χ2v) is 4.32. The number of allylic oxidation sites excluding steroid dienone is 4. The van der Waals surface area contributed by atoms with Crippen LogP contribution < -0.4 is 5.32 Å². The van der Waals surface area contributed by atoms with Crippen molar-refractivity contribution in [2.24, 2.45) is 5.92 Å².